The number of rotatable bonds is 4. The SMILES string of the molecule is CN(C)C(=O)CN(C)C(=O)Nc1cc(C(=O)O)ccc1Cl. The van der Waals surface area contributed by atoms with Crippen molar-refractivity contribution < 1.29 is 19.5 Å². The molecule has 0 heterocycles. The molecule has 0 fully saturated rings. The summed E-state index contributed by atoms with van der Waals surface area (Å²) in [5.41, 5.74) is 0.174. The molecule has 1 rings (SSSR count). The highest BCUT2D eigenvalue weighted by molar-refractivity contribution is 6.33. The molecule has 1 aromatic rings. The number of aromatic carboxylic acids is 1. The smallest absolute Gasteiger partial charge is 0.335 e. The molecule has 0 radical (unpaired) electrons. The average molecular weight is 314 g/mol. The first-order valence-electron chi connectivity index (χ1n) is 5.97. The number of halogens is 1. The van der Waals surface area contributed by atoms with Crippen molar-refractivity contribution in [2.45, 2.75) is 0 Å². The fourth-order valence-corrected chi connectivity index (χ4v) is 1.55. The number of carbonyl (C=O) groups excluding carboxylic acids is 2. The van der Waals surface area contributed by atoms with Gasteiger partial charge in [-0.2, -0.15) is 0 Å². The van der Waals surface area contributed by atoms with Gasteiger partial charge in [-0.25, -0.2) is 9.59 Å². The Morgan fingerprint density at radius 2 is 1.86 bits per heavy atom. The number of carboxylic acid groups (broad SMARTS) is 1. The van der Waals surface area contributed by atoms with Gasteiger partial charge in [0.2, 0.25) is 5.91 Å². The number of anilines is 1. The second-order valence-electron chi connectivity index (χ2n) is 4.57. The molecule has 0 aliphatic heterocycles. The number of hydrogen-bond acceptors (Lipinski definition) is 3. The molecule has 114 valence electrons. The number of carboxylic acids is 1. The molecule has 0 spiro atoms. The summed E-state index contributed by atoms with van der Waals surface area (Å²) in [6.45, 7) is -0.102. The maximum absolute atomic E-state index is 11.9. The lowest BCUT2D eigenvalue weighted by Gasteiger charge is -2.20. The van der Waals surface area contributed by atoms with E-state index >= 15 is 0 Å². The van der Waals surface area contributed by atoms with Crippen LogP contribution >= 0.6 is 11.6 Å². The van der Waals surface area contributed by atoms with E-state index in [2.05, 4.69) is 5.32 Å². The van der Waals surface area contributed by atoms with Gasteiger partial charge in [0.25, 0.3) is 0 Å². The van der Waals surface area contributed by atoms with Crippen LogP contribution in [0.25, 0.3) is 0 Å². The Morgan fingerprint density at radius 3 is 2.38 bits per heavy atom. The maximum atomic E-state index is 11.9. The number of nitrogens with zero attached hydrogens (tertiary/aromatic N) is 2. The van der Waals surface area contributed by atoms with Crippen LogP contribution in [0.2, 0.25) is 5.02 Å². The van der Waals surface area contributed by atoms with Gasteiger partial charge in [0.05, 0.1) is 16.3 Å². The molecular formula is C13H16ClN3O4. The highest BCUT2D eigenvalue weighted by Gasteiger charge is 2.16. The maximum Gasteiger partial charge on any atom is 0.335 e. The number of urea groups is 1. The lowest BCUT2D eigenvalue weighted by Crippen LogP contribution is -2.39. The molecule has 0 unspecified atom stereocenters. The lowest BCUT2D eigenvalue weighted by molar-refractivity contribution is -0.129. The normalized spacial score (nSPS) is 9.90. The summed E-state index contributed by atoms with van der Waals surface area (Å²) in [5.74, 6) is -1.36. The van der Waals surface area contributed by atoms with Crippen LogP contribution in [0.4, 0.5) is 10.5 Å². The fraction of sp³-hybridized carbons (Fsp3) is 0.308. The monoisotopic (exact) mass is 313 g/mol. The Morgan fingerprint density at radius 1 is 1.24 bits per heavy atom. The van der Waals surface area contributed by atoms with Gasteiger partial charge in [-0.05, 0) is 18.2 Å². The lowest BCUT2D eigenvalue weighted by atomic mass is 10.2. The van der Waals surface area contributed by atoms with Crippen molar-refractivity contribution in [3.8, 4) is 0 Å². The van der Waals surface area contributed by atoms with E-state index in [1.54, 1.807) is 14.1 Å². The number of nitrogens with one attached hydrogen (secondary N) is 1. The first kappa shape index (κ1) is 16.8. The molecule has 0 saturated carbocycles. The molecule has 0 atom stereocenters. The van der Waals surface area contributed by atoms with Gasteiger partial charge in [0.15, 0.2) is 0 Å². The summed E-state index contributed by atoms with van der Waals surface area (Å²) in [4.78, 5) is 36.9. The van der Waals surface area contributed by atoms with E-state index in [0.29, 0.717) is 0 Å². The Hall–Kier alpha value is -2.28. The van der Waals surface area contributed by atoms with E-state index in [1.807, 2.05) is 0 Å². The number of hydrogen-bond donors (Lipinski definition) is 2. The predicted octanol–water partition coefficient (Wildman–Crippen LogP) is 1.59. The van der Waals surface area contributed by atoms with E-state index in [0.717, 1.165) is 0 Å². The number of benzene rings is 1. The Labute approximate surface area is 127 Å². The summed E-state index contributed by atoms with van der Waals surface area (Å²) in [6, 6.07) is 3.41. The minimum atomic E-state index is -1.13. The summed E-state index contributed by atoms with van der Waals surface area (Å²) in [5, 5.41) is 11.6. The standard InChI is InChI=1S/C13H16ClN3O4/c1-16(2)11(18)7-17(3)13(21)15-10-6-8(12(19)20)4-5-9(10)14/h4-6H,7H2,1-3H3,(H,15,21)(H,19,20). The highest BCUT2D eigenvalue weighted by atomic mass is 35.5. The third-order valence-electron chi connectivity index (χ3n) is 2.67. The largest absolute Gasteiger partial charge is 0.478 e. The van der Waals surface area contributed by atoms with Crippen LogP contribution in [0.3, 0.4) is 0 Å². The van der Waals surface area contributed by atoms with Gasteiger partial charge >= 0.3 is 12.0 Å². The zero-order valence-electron chi connectivity index (χ0n) is 11.9. The highest BCUT2D eigenvalue weighted by Crippen LogP contribution is 2.23. The van der Waals surface area contributed by atoms with Crippen molar-refractivity contribution in [2.24, 2.45) is 0 Å². The zero-order chi connectivity index (χ0) is 16.2. The number of carbonyl (C=O) groups is 3. The van der Waals surface area contributed by atoms with E-state index in [1.165, 1.54) is 35.0 Å². The van der Waals surface area contributed by atoms with Crippen LogP contribution < -0.4 is 5.32 Å². The summed E-state index contributed by atoms with van der Waals surface area (Å²) < 4.78 is 0. The van der Waals surface area contributed by atoms with E-state index in [9.17, 15) is 14.4 Å². The average Bonchev–Trinajstić information content (AvgIpc) is 2.40. The third kappa shape index (κ3) is 4.64. The molecule has 21 heavy (non-hydrogen) atoms. The van der Waals surface area contributed by atoms with Gasteiger partial charge in [-0.15, -0.1) is 0 Å². The number of likely N-dealkylation sites (N-methyl/N-ethyl adjacent to an activating group) is 2. The number of amides is 3. The summed E-state index contributed by atoms with van der Waals surface area (Å²) in [6.07, 6.45) is 0. The van der Waals surface area contributed by atoms with Crippen molar-refractivity contribution >= 4 is 35.2 Å². The molecule has 3 amide bonds. The third-order valence-corrected chi connectivity index (χ3v) is 3.00. The summed E-state index contributed by atoms with van der Waals surface area (Å²) >= 11 is 5.90. The van der Waals surface area contributed by atoms with Gasteiger partial charge in [0.1, 0.15) is 6.54 Å². The van der Waals surface area contributed by atoms with Gasteiger partial charge in [-0.1, -0.05) is 11.6 Å². The molecule has 7 nitrogen and oxygen atoms in total. The first-order valence-corrected chi connectivity index (χ1v) is 6.35. The van der Waals surface area contributed by atoms with Crippen molar-refractivity contribution in [3.05, 3.63) is 28.8 Å². The van der Waals surface area contributed by atoms with Crippen molar-refractivity contribution in [3.63, 3.8) is 0 Å². The minimum Gasteiger partial charge on any atom is -0.478 e. The molecule has 0 bridgehead atoms. The Balaban J connectivity index is 2.81. The zero-order valence-corrected chi connectivity index (χ0v) is 12.6. The van der Waals surface area contributed by atoms with E-state index in [4.69, 9.17) is 16.7 Å². The summed E-state index contributed by atoms with van der Waals surface area (Å²) in [7, 11) is 4.62. The van der Waals surface area contributed by atoms with Crippen LogP contribution in [-0.4, -0.2) is 60.5 Å². The van der Waals surface area contributed by atoms with Gasteiger partial charge in [0, 0.05) is 21.1 Å². The molecular weight excluding hydrogens is 298 g/mol. The van der Waals surface area contributed by atoms with Crippen molar-refractivity contribution in [1.29, 1.82) is 0 Å². The van der Waals surface area contributed by atoms with E-state index < -0.39 is 12.0 Å². The van der Waals surface area contributed by atoms with Crippen LogP contribution in [0.1, 0.15) is 10.4 Å². The molecule has 8 heteroatoms. The quantitative estimate of drug-likeness (QED) is 0.883. The van der Waals surface area contributed by atoms with Crippen molar-refractivity contribution in [1.82, 2.24) is 9.80 Å². The molecule has 0 aliphatic carbocycles. The first-order chi connectivity index (χ1) is 9.72. The molecule has 0 aliphatic rings. The van der Waals surface area contributed by atoms with Crippen LogP contribution in [0, 0.1) is 0 Å². The topological polar surface area (TPSA) is 90.0 Å². The van der Waals surface area contributed by atoms with Crippen molar-refractivity contribution in [2.75, 3.05) is 33.0 Å². The fourth-order valence-electron chi connectivity index (χ4n) is 1.38. The second kappa shape index (κ2) is 6.94. The molecule has 2 N–H and O–H groups in total. The van der Waals surface area contributed by atoms with Crippen LogP contribution in [0.5, 0.6) is 0 Å². The Kier molecular flexibility index (Phi) is 5.54. The Bertz CT molecular complexity index is 575. The van der Waals surface area contributed by atoms with Crippen LogP contribution in [-0.2, 0) is 4.79 Å². The predicted molar refractivity (Wildman–Crippen MR) is 78.8 cm³/mol. The van der Waals surface area contributed by atoms with Crippen LogP contribution in [0.15, 0.2) is 18.2 Å². The molecule has 1 aromatic carbocycles. The minimum absolute atomic E-state index is 0.00159. The van der Waals surface area contributed by atoms with Gasteiger partial charge in [-0.3, -0.25) is 4.79 Å². The second-order valence-corrected chi connectivity index (χ2v) is 4.98. The van der Waals surface area contributed by atoms with Gasteiger partial charge < -0.3 is 20.2 Å². The molecule has 0 aromatic heterocycles. The molecule has 0 saturated heterocycles. The van der Waals surface area contributed by atoms with E-state index in [-0.39, 0.29) is 28.7 Å².